The van der Waals surface area contributed by atoms with Crippen molar-refractivity contribution in [3.63, 3.8) is 0 Å². The highest BCUT2D eigenvalue weighted by Gasteiger charge is 2.01. The van der Waals surface area contributed by atoms with Crippen LogP contribution in [-0.4, -0.2) is 22.3 Å². The molecule has 0 aliphatic heterocycles. The summed E-state index contributed by atoms with van der Waals surface area (Å²) in [6, 6.07) is 6.95. The summed E-state index contributed by atoms with van der Waals surface area (Å²) >= 11 is 0. The molecule has 15 heavy (non-hydrogen) atoms. The van der Waals surface area contributed by atoms with Gasteiger partial charge in [0.15, 0.2) is 11.5 Å². The van der Waals surface area contributed by atoms with Crippen LogP contribution in [0.1, 0.15) is 20.8 Å². The maximum absolute atomic E-state index is 9.23. The molecule has 84 valence electrons. The largest absolute Gasteiger partial charge is 0.504 e. The summed E-state index contributed by atoms with van der Waals surface area (Å²) in [7, 11) is 0. The maximum Gasteiger partial charge on any atom is 0.300 e. The van der Waals surface area contributed by atoms with E-state index in [4.69, 9.17) is 14.6 Å². The number of phenols is 1. The number of benzene rings is 1. The second-order valence-corrected chi connectivity index (χ2v) is 3.15. The second-order valence-electron chi connectivity index (χ2n) is 3.15. The molecule has 1 rings (SSSR count). The Hall–Kier alpha value is -1.71. The third-order valence-electron chi connectivity index (χ3n) is 1.23. The van der Waals surface area contributed by atoms with Crippen molar-refractivity contribution in [2.45, 2.75) is 26.9 Å². The lowest BCUT2D eigenvalue weighted by atomic mass is 10.3. The zero-order valence-electron chi connectivity index (χ0n) is 9.10. The first-order chi connectivity index (χ1) is 6.93. The normalized spacial score (nSPS) is 9.07. The van der Waals surface area contributed by atoms with E-state index in [-0.39, 0.29) is 11.9 Å². The summed E-state index contributed by atoms with van der Waals surface area (Å²) in [5.41, 5.74) is 0. The topological polar surface area (TPSA) is 66.8 Å². The molecule has 0 heterocycles. The third kappa shape index (κ3) is 7.37. The third-order valence-corrected chi connectivity index (χ3v) is 1.23. The van der Waals surface area contributed by atoms with E-state index in [2.05, 4.69) is 0 Å². The van der Waals surface area contributed by atoms with Crippen LogP contribution in [-0.2, 0) is 4.79 Å². The van der Waals surface area contributed by atoms with E-state index >= 15 is 0 Å². The van der Waals surface area contributed by atoms with Crippen molar-refractivity contribution in [3.05, 3.63) is 24.3 Å². The Labute approximate surface area is 89.1 Å². The SMILES string of the molecule is CC(=O)O.CC(C)Oc1ccccc1O. The van der Waals surface area contributed by atoms with E-state index in [1.165, 1.54) is 0 Å². The number of rotatable bonds is 2. The highest BCUT2D eigenvalue weighted by Crippen LogP contribution is 2.25. The van der Waals surface area contributed by atoms with E-state index in [1.54, 1.807) is 18.2 Å². The van der Waals surface area contributed by atoms with Crippen molar-refractivity contribution in [2.75, 3.05) is 0 Å². The predicted octanol–water partition coefficient (Wildman–Crippen LogP) is 2.27. The summed E-state index contributed by atoms with van der Waals surface area (Å²) < 4.78 is 5.29. The number of aromatic hydroxyl groups is 1. The summed E-state index contributed by atoms with van der Waals surface area (Å²) in [6.07, 6.45) is 0.100. The molecule has 0 spiro atoms. The van der Waals surface area contributed by atoms with Crippen LogP contribution in [0.15, 0.2) is 24.3 Å². The standard InChI is InChI=1S/C9H12O2.C2H4O2/c1-7(2)11-9-6-4-3-5-8(9)10;1-2(3)4/h3-7,10H,1-2H3;1H3,(H,3,4). The van der Waals surface area contributed by atoms with Gasteiger partial charge in [-0.25, -0.2) is 0 Å². The maximum atomic E-state index is 9.23. The highest BCUT2D eigenvalue weighted by molar-refractivity contribution is 5.62. The van der Waals surface area contributed by atoms with E-state index in [0.29, 0.717) is 5.75 Å². The number of carboxylic acid groups (broad SMARTS) is 1. The van der Waals surface area contributed by atoms with Gasteiger partial charge in [0.1, 0.15) is 0 Å². The van der Waals surface area contributed by atoms with Gasteiger partial charge in [0.25, 0.3) is 5.97 Å². The molecule has 0 saturated heterocycles. The van der Waals surface area contributed by atoms with Crippen LogP contribution in [0.4, 0.5) is 0 Å². The van der Waals surface area contributed by atoms with Gasteiger partial charge >= 0.3 is 0 Å². The molecular formula is C11H16O4. The summed E-state index contributed by atoms with van der Waals surface area (Å²) in [6.45, 7) is 4.93. The molecule has 0 bridgehead atoms. The van der Waals surface area contributed by atoms with Crippen LogP contribution in [0.25, 0.3) is 0 Å². The van der Waals surface area contributed by atoms with Crippen LogP contribution in [0.3, 0.4) is 0 Å². The number of carboxylic acids is 1. The zero-order valence-corrected chi connectivity index (χ0v) is 9.10. The lowest BCUT2D eigenvalue weighted by Gasteiger charge is -2.09. The molecule has 0 amide bonds. The molecule has 4 nitrogen and oxygen atoms in total. The van der Waals surface area contributed by atoms with Crippen LogP contribution in [0.5, 0.6) is 11.5 Å². The molecular weight excluding hydrogens is 196 g/mol. The molecule has 0 fully saturated rings. The summed E-state index contributed by atoms with van der Waals surface area (Å²) in [5.74, 6) is -0.0938. The minimum atomic E-state index is -0.833. The van der Waals surface area contributed by atoms with E-state index in [1.807, 2.05) is 19.9 Å². The number of carbonyl (C=O) groups is 1. The Morgan fingerprint density at radius 1 is 1.33 bits per heavy atom. The fourth-order valence-corrected chi connectivity index (χ4v) is 0.811. The van der Waals surface area contributed by atoms with Crippen molar-refractivity contribution >= 4 is 5.97 Å². The quantitative estimate of drug-likeness (QED) is 0.789. The number of aliphatic carboxylic acids is 1. The molecule has 1 aromatic rings. The minimum Gasteiger partial charge on any atom is -0.504 e. The molecule has 0 aliphatic rings. The van der Waals surface area contributed by atoms with E-state index in [0.717, 1.165) is 6.92 Å². The van der Waals surface area contributed by atoms with E-state index in [9.17, 15) is 5.11 Å². The van der Waals surface area contributed by atoms with Gasteiger partial charge in [0.2, 0.25) is 0 Å². The van der Waals surface area contributed by atoms with Crippen molar-refractivity contribution < 1.29 is 19.7 Å². The molecule has 0 saturated carbocycles. The molecule has 0 radical (unpaired) electrons. The van der Waals surface area contributed by atoms with Gasteiger partial charge in [-0.3, -0.25) is 4.79 Å². The molecule has 1 aromatic carbocycles. The van der Waals surface area contributed by atoms with Gasteiger partial charge in [0, 0.05) is 6.92 Å². The predicted molar refractivity (Wildman–Crippen MR) is 57.2 cm³/mol. The van der Waals surface area contributed by atoms with Crippen LogP contribution >= 0.6 is 0 Å². The minimum absolute atomic E-state index is 0.100. The van der Waals surface area contributed by atoms with E-state index < -0.39 is 5.97 Å². The van der Waals surface area contributed by atoms with Crippen LogP contribution < -0.4 is 4.74 Å². The molecule has 2 N–H and O–H groups in total. The van der Waals surface area contributed by atoms with Crippen LogP contribution in [0, 0.1) is 0 Å². The molecule has 4 heteroatoms. The van der Waals surface area contributed by atoms with Crippen molar-refractivity contribution in [1.29, 1.82) is 0 Å². The van der Waals surface area contributed by atoms with Gasteiger partial charge < -0.3 is 14.9 Å². The molecule has 0 unspecified atom stereocenters. The average Bonchev–Trinajstić information content (AvgIpc) is 2.07. The monoisotopic (exact) mass is 212 g/mol. The first-order valence-corrected chi connectivity index (χ1v) is 4.57. The summed E-state index contributed by atoms with van der Waals surface area (Å²) in [4.78, 5) is 9.00. The van der Waals surface area contributed by atoms with Gasteiger partial charge in [-0.05, 0) is 26.0 Å². The lowest BCUT2D eigenvalue weighted by Crippen LogP contribution is -2.05. The first-order valence-electron chi connectivity index (χ1n) is 4.57. The van der Waals surface area contributed by atoms with Gasteiger partial charge in [-0.15, -0.1) is 0 Å². The average molecular weight is 212 g/mol. The Morgan fingerprint density at radius 3 is 2.20 bits per heavy atom. The van der Waals surface area contributed by atoms with Crippen molar-refractivity contribution in [1.82, 2.24) is 0 Å². The fraction of sp³-hybridized carbons (Fsp3) is 0.364. The lowest BCUT2D eigenvalue weighted by molar-refractivity contribution is -0.134. The van der Waals surface area contributed by atoms with Crippen molar-refractivity contribution in [2.24, 2.45) is 0 Å². The first kappa shape index (κ1) is 13.3. The molecule has 0 atom stereocenters. The van der Waals surface area contributed by atoms with Gasteiger partial charge in [0.05, 0.1) is 6.10 Å². The second kappa shape index (κ2) is 6.70. The Morgan fingerprint density at radius 2 is 1.80 bits per heavy atom. The Kier molecular flexibility index (Phi) is 5.94. The number of para-hydroxylation sites is 2. The highest BCUT2D eigenvalue weighted by atomic mass is 16.5. The number of phenolic OH excluding ortho intramolecular Hbond substituents is 1. The van der Waals surface area contributed by atoms with Gasteiger partial charge in [-0.1, -0.05) is 12.1 Å². The van der Waals surface area contributed by atoms with Crippen LogP contribution in [0.2, 0.25) is 0 Å². The zero-order chi connectivity index (χ0) is 11.8. The number of hydrogen-bond acceptors (Lipinski definition) is 3. The molecule has 0 aliphatic carbocycles. The number of hydrogen-bond donors (Lipinski definition) is 2. The smallest absolute Gasteiger partial charge is 0.300 e. The summed E-state index contributed by atoms with van der Waals surface area (Å²) in [5, 5.41) is 16.7. The Bertz CT molecular complexity index is 303. The molecule has 0 aromatic heterocycles. The number of ether oxygens (including phenoxy) is 1. The fourth-order valence-electron chi connectivity index (χ4n) is 0.811. The Balaban J connectivity index is 0.000000423. The van der Waals surface area contributed by atoms with Crippen molar-refractivity contribution in [3.8, 4) is 11.5 Å². The van der Waals surface area contributed by atoms with Gasteiger partial charge in [-0.2, -0.15) is 0 Å².